The van der Waals surface area contributed by atoms with Gasteiger partial charge in [0.1, 0.15) is 0 Å². The molecular formula is C18H24N2S. The van der Waals surface area contributed by atoms with Gasteiger partial charge in [0.25, 0.3) is 0 Å². The molecule has 3 heteroatoms. The zero-order valence-electron chi connectivity index (χ0n) is 13.1. The molecule has 1 aliphatic rings. The van der Waals surface area contributed by atoms with Crippen LogP contribution in [0.15, 0.2) is 30.3 Å². The van der Waals surface area contributed by atoms with Crippen molar-refractivity contribution in [2.24, 2.45) is 0 Å². The smallest absolute Gasteiger partial charge is 0.0994 e. The van der Waals surface area contributed by atoms with Gasteiger partial charge < -0.3 is 5.32 Å². The lowest BCUT2D eigenvalue weighted by molar-refractivity contribution is 0.592. The molecule has 1 heterocycles. The molecular weight excluding hydrogens is 276 g/mol. The molecule has 1 N–H and O–H groups in total. The van der Waals surface area contributed by atoms with Crippen LogP contribution >= 0.6 is 11.3 Å². The predicted octanol–water partition coefficient (Wildman–Crippen LogP) is 4.40. The second-order valence-corrected chi connectivity index (χ2v) is 7.66. The first-order valence-corrected chi connectivity index (χ1v) is 8.69. The quantitative estimate of drug-likeness (QED) is 0.855. The van der Waals surface area contributed by atoms with Crippen LogP contribution in [0.4, 0.5) is 0 Å². The lowest BCUT2D eigenvalue weighted by Crippen LogP contribution is -2.24. The van der Waals surface area contributed by atoms with E-state index in [9.17, 15) is 0 Å². The molecule has 0 radical (unpaired) electrons. The Hall–Kier alpha value is -1.19. The highest BCUT2D eigenvalue weighted by atomic mass is 32.1. The Morgan fingerprint density at radius 2 is 1.95 bits per heavy atom. The Balaban J connectivity index is 1.87. The van der Waals surface area contributed by atoms with E-state index in [1.54, 1.807) is 0 Å². The highest BCUT2D eigenvalue weighted by Crippen LogP contribution is 2.50. The third-order valence-electron chi connectivity index (χ3n) is 4.17. The minimum atomic E-state index is 0.359. The average Bonchev–Trinajstić information content (AvgIpc) is 3.07. The molecule has 1 aromatic heterocycles. The number of thiazole rings is 1. The molecule has 0 aliphatic heterocycles. The van der Waals surface area contributed by atoms with E-state index in [0.717, 1.165) is 13.0 Å². The molecule has 1 saturated carbocycles. The number of nitrogens with zero attached hydrogens (tertiary/aromatic N) is 1. The number of benzene rings is 1. The molecule has 0 atom stereocenters. The van der Waals surface area contributed by atoms with Crippen molar-refractivity contribution in [2.45, 2.75) is 51.5 Å². The Morgan fingerprint density at radius 1 is 1.24 bits per heavy atom. The number of aromatic nitrogens is 1. The van der Waals surface area contributed by atoms with Gasteiger partial charge in [-0.25, -0.2) is 4.98 Å². The van der Waals surface area contributed by atoms with Crippen molar-refractivity contribution in [3.8, 4) is 11.3 Å². The largest absolute Gasteiger partial charge is 0.314 e. The molecule has 0 saturated heterocycles. The van der Waals surface area contributed by atoms with E-state index in [2.05, 4.69) is 56.4 Å². The van der Waals surface area contributed by atoms with Gasteiger partial charge in [-0.3, -0.25) is 0 Å². The van der Waals surface area contributed by atoms with Gasteiger partial charge in [0.2, 0.25) is 0 Å². The van der Waals surface area contributed by atoms with Crippen LogP contribution in [0, 0.1) is 0 Å². The van der Waals surface area contributed by atoms with Crippen molar-refractivity contribution in [1.29, 1.82) is 0 Å². The molecule has 1 fully saturated rings. The van der Waals surface area contributed by atoms with Crippen molar-refractivity contribution >= 4 is 11.3 Å². The van der Waals surface area contributed by atoms with E-state index in [0.29, 0.717) is 11.5 Å². The molecule has 0 spiro atoms. The van der Waals surface area contributed by atoms with Gasteiger partial charge in [-0.05, 0) is 19.3 Å². The summed E-state index contributed by atoms with van der Waals surface area (Å²) in [6, 6.07) is 11.2. The predicted molar refractivity (Wildman–Crippen MR) is 91.0 cm³/mol. The summed E-state index contributed by atoms with van der Waals surface area (Å²) in [4.78, 5) is 6.43. The topological polar surface area (TPSA) is 24.9 Å². The van der Waals surface area contributed by atoms with Crippen molar-refractivity contribution in [3.05, 3.63) is 40.2 Å². The van der Waals surface area contributed by atoms with Gasteiger partial charge in [0.05, 0.1) is 10.7 Å². The zero-order valence-corrected chi connectivity index (χ0v) is 14.0. The second kappa shape index (κ2) is 5.90. The number of hydrogen-bond acceptors (Lipinski definition) is 3. The summed E-state index contributed by atoms with van der Waals surface area (Å²) in [6.45, 7) is 7.76. The van der Waals surface area contributed by atoms with E-state index in [1.165, 1.54) is 34.0 Å². The van der Waals surface area contributed by atoms with E-state index < -0.39 is 0 Å². The summed E-state index contributed by atoms with van der Waals surface area (Å²) in [6.07, 6.45) is 3.65. The van der Waals surface area contributed by atoms with Crippen LogP contribution in [0.3, 0.4) is 0 Å². The van der Waals surface area contributed by atoms with Crippen LogP contribution in [0.2, 0.25) is 0 Å². The minimum absolute atomic E-state index is 0.359. The van der Waals surface area contributed by atoms with E-state index in [4.69, 9.17) is 4.98 Å². The van der Waals surface area contributed by atoms with E-state index >= 15 is 0 Å². The van der Waals surface area contributed by atoms with Gasteiger partial charge in [-0.15, -0.1) is 11.3 Å². The number of rotatable bonds is 6. The van der Waals surface area contributed by atoms with Crippen LogP contribution < -0.4 is 5.32 Å². The highest BCUT2D eigenvalue weighted by Gasteiger charge is 2.42. The molecule has 0 unspecified atom stereocenters. The van der Waals surface area contributed by atoms with Gasteiger partial charge in [0.15, 0.2) is 0 Å². The standard InChI is InChI=1S/C18H24N2S/c1-13(2)19-12-9-15-16(14-7-5-4-6-8-14)20-17(21-15)18(3)10-11-18/h4-8,13,19H,9-12H2,1-3H3. The van der Waals surface area contributed by atoms with Gasteiger partial charge in [0, 0.05) is 28.4 Å². The molecule has 0 bridgehead atoms. The number of nitrogens with one attached hydrogen (secondary N) is 1. The second-order valence-electron chi connectivity index (χ2n) is 6.58. The number of hydrogen-bond donors (Lipinski definition) is 1. The summed E-state index contributed by atoms with van der Waals surface area (Å²) in [5, 5.41) is 4.85. The van der Waals surface area contributed by atoms with E-state index in [-0.39, 0.29) is 0 Å². The fourth-order valence-corrected chi connectivity index (χ4v) is 3.76. The summed E-state index contributed by atoms with van der Waals surface area (Å²) in [5.74, 6) is 0. The van der Waals surface area contributed by atoms with Gasteiger partial charge in [-0.2, -0.15) is 0 Å². The van der Waals surface area contributed by atoms with Crippen molar-refractivity contribution in [3.63, 3.8) is 0 Å². The first kappa shape index (κ1) is 14.7. The molecule has 3 rings (SSSR count). The SMILES string of the molecule is CC(C)NCCc1sc(C2(C)CC2)nc1-c1ccccc1. The Labute approximate surface area is 131 Å². The molecule has 1 aromatic carbocycles. The third-order valence-corrected chi connectivity index (χ3v) is 5.59. The Bertz CT molecular complexity index is 597. The fraction of sp³-hybridized carbons (Fsp3) is 0.500. The van der Waals surface area contributed by atoms with Crippen LogP contribution in [0.1, 0.15) is 43.5 Å². The first-order valence-electron chi connectivity index (χ1n) is 7.87. The lowest BCUT2D eigenvalue weighted by atomic mass is 10.1. The fourth-order valence-electron chi connectivity index (χ4n) is 2.48. The van der Waals surface area contributed by atoms with Crippen LogP contribution in [0.25, 0.3) is 11.3 Å². The van der Waals surface area contributed by atoms with Crippen molar-refractivity contribution < 1.29 is 0 Å². The molecule has 1 aliphatic carbocycles. The highest BCUT2D eigenvalue weighted by molar-refractivity contribution is 7.12. The summed E-state index contributed by atoms with van der Waals surface area (Å²) in [7, 11) is 0. The van der Waals surface area contributed by atoms with Crippen LogP contribution in [0.5, 0.6) is 0 Å². The summed E-state index contributed by atoms with van der Waals surface area (Å²) < 4.78 is 0. The normalized spacial score (nSPS) is 16.4. The van der Waals surface area contributed by atoms with Crippen LogP contribution in [-0.4, -0.2) is 17.6 Å². The third kappa shape index (κ3) is 3.35. The zero-order chi connectivity index (χ0) is 14.9. The van der Waals surface area contributed by atoms with Crippen molar-refractivity contribution in [2.75, 3.05) is 6.54 Å². The minimum Gasteiger partial charge on any atom is -0.314 e. The van der Waals surface area contributed by atoms with Gasteiger partial charge >= 0.3 is 0 Å². The molecule has 112 valence electrons. The van der Waals surface area contributed by atoms with Crippen LogP contribution in [-0.2, 0) is 11.8 Å². The maximum atomic E-state index is 5.00. The molecule has 2 aromatic rings. The summed E-state index contributed by atoms with van der Waals surface area (Å²) in [5.41, 5.74) is 2.82. The Kier molecular flexibility index (Phi) is 4.14. The molecule has 2 nitrogen and oxygen atoms in total. The maximum Gasteiger partial charge on any atom is 0.0994 e. The van der Waals surface area contributed by atoms with Crippen molar-refractivity contribution in [1.82, 2.24) is 10.3 Å². The monoisotopic (exact) mass is 300 g/mol. The first-order chi connectivity index (χ1) is 10.1. The lowest BCUT2D eigenvalue weighted by Gasteiger charge is -2.07. The molecule has 0 amide bonds. The Morgan fingerprint density at radius 3 is 2.57 bits per heavy atom. The van der Waals surface area contributed by atoms with Gasteiger partial charge in [-0.1, -0.05) is 51.1 Å². The maximum absolute atomic E-state index is 5.00. The van der Waals surface area contributed by atoms with E-state index in [1.807, 2.05) is 11.3 Å². The molecule has 21 heavy (non-hydrogen) atoms. The average molecular weight is 300 g/mol. The summed E-state index contributed by atoms with van der Waals surface area (Å²) >= 11 is 1.92.